The fraction of sp³-hybridized carbons (Fsp3) is 0.217. The minimum atomic E-state index is -0.903. The molecule has 0 aliphatic carbocycles. The maximum atomic E-state index is 12.7. The van der Waals surface area contributed by atoms with Gasteiger partial charge in [-0.15, -0.1) is 0 Å². The Morgan fingerprint density at radius 2 is 1.67 bits per heavy atom. The molecule has 0 heterocycles. The van der Waals surface area contributed by atoms with Crippen LogP contribution in [0.25, 0.3) is 6.08 Å². The zero-order chi connectivity index (χ0) is 21.8. The maximum Gasteiger partial charge on any atom is 0.325 e. The number of amides is 4. The second-order valence-electron chi connectivity index (χ2n) is 6.40. The molecule has 0 aliphatic heterocycles. The van der Waals surface area contributed by atoms with Crippen LogP contribution >= 0.6 is 0 Å². The van der Waals surface area contributed by atoms with Gasteiger partial charge in [-0.25, -0.2) is 4.79 Å². The van der Waals surface area contributed by atoms with Gasteiger partial charge in [0.25, 0.3) is 5.91 Å². The quantitative estimate of drug-likeness (QED) is 0.624. The summed E-state index contributed by atoms with van der Waals surface area (Å²) >= 11 is 0. The van der Waals surface area contributed by atoms with Crippen molar-refractivity contribution in [1.82, 2.24) is 15.5 Å². The van der Waals surface area contributed by atoms with Crippen LogP contribution in [0.1, 0.15) is 18.1 Å². The molecular formula is C23H24N3O4. The van der Waals surface area contributed by atoms with Gasteiger partial charge < -0.3 is 10.6 Å². The maximum absolute atomic E-state index is 12.7. The average Bonchev–Trinajstić information content (AvgIpc) is 2.77. The standard InChI is InChI=1S/C23H24N3O4/c1-2-24-22(29)20(17-19-11-7-4-8-12-19)25-23(30)26(15-16-27)21(28)14-13-18-9-5-3-6-10-18/h3-14,20H,2,15,17H2,1H3,(H,24,29)(H,25,30). The Morgan fingerprint density at radius 3 is 2.27 bits per heavy atom. The summed E-state index contributed by atoms with van der Waals surface area (Å²) in [5.41, 5.74) is 1.61. The normalized spacial score (nSPS) is 11.5. The lowest BCUT2D eigenvalue weighted by molar-refractivity contribution is -0.124. The van der Waals surface area contributed by atoms with Crippen LogP contribution in [0, 0.1) is 0 Å². The van der Waals surface area contributed by atoms with Gasteiger partial charge in [-0.2, -0.15) is 0 Å². The molecule has 0 aromatic heterocycles. The number of rotatable bonds is 9. The van der Waals surface area contributed by atoms with Crippen molar-refractivity contribution in [2.75, 3.05) is 13.1 Å². The van der Waals surface area contributed by atoms with Crippen molar-refractivity contribution < 1.29 is 19.2 Å². The SMILES string of the molecule is CCNC(=O)C(Cc1ccccc1)NC(=O)N(C[C]=O)C(=O)C=Cc1ccccc1. The molecule has 2 rings (SSSR count). The van der Waals surface area contributed by atoms with Crippen LogP contribution in [0.3, 0.4) is 0 Å². The summed E-state index contributed by atoms with van der Waals surface area (Å²) in [6, 6.07) is 16.5. The topological polar surface area (TPSA) is 95.6 Å². The first-order valence-electron chi connectivity index (χ1n) is 9.57. The third-order valence-corrected chi connectivity index (χ3v) is 4.20. The molecule has 0 saturated carbocycles. The number of imide groups is 1. The summed E-state index contributed by atoms with van der Waals surface area (Å²) in [4.78, 5) is 49.2. The van der Waals surface area contributed by atoms with E-state index < -0.39 is 24.5 Å². The molecule has 0 fully saturated rings. The summed E-state index contributed by atoms with van der Waals surface area (Å²) in [6.45, 7) is 1.62. The van der Waals surface area contributed by atoms with E-state index >= 15 is 0 Å². The van der Waals surface area contributed by atoms with Gasteiger partial charge in [-0.1, -0.05) is 60.7 Å². The van der Waals surface area contributed by atoms with Crippen LogP contribution in [-0.4, -0.2) is 48.2 Å². The van der Waals surface area contributed by atoms with E-state index in [2.05, 4.69) is 10.6 Å². The molecule has 7 nitrogen and oxygen atoms in total. The minimum Gasteiger partial charge on any atom is -0.355 e. The lowest BCUT2D eigenvalue weighted by Gasteiger charge is -2.22. The summed E-state index contributed by atoms with van der Waals surface area (Å²) in [5.74, 6) is -1.06. The molecular weight excluding hydrogens is 382 g/mol. The number of hydrogen-bond donors (Lipinski definition) is 2. The zero-order valence-electron chi connectivity index (χ0n) is 16.7. The fourth-order valence-electron chi connectivity index (χ4n) is 2.72. The van der Waals surface area contributed by atoms with Crippen LogP contribution in [-0.2, 0) is 20.8 Å². The monoisotopic (exact) mass is 406 g/mol. The number of likely N-dealkylation sites (N-methyl/N-ethyl adjacent to an activating group) is 1. The molecule has 1 atom stereocenters. The number of nitrogens with one attached hydrogen (secondary N) is 2. The van der Waals surface area contributed by atoms with E-state index in [1.54, 1.807) is 31.4 Å². The molecule has 30 heavy (non-hydrogen) atoms. The van der Waals surface area contributed by atoms with E-state index in [0.717, 1.165) is 11.1 Å². The van der Waals surface area contributed by atoms with Gasteiger partial charge in [0.05, 0.1) is 6.54 Å². The van der Waals surface area contributed by atoms with Crippen LogP contribution < -0.4 is 10.6 Å². The number of urea groups is 1. The molecule has 0 spiro atoms. The molecule has 2 N–H and O–H groups in total. The highest BCUT2D eigenvalue weighted by Gasteiger charge is 2.26. The van der Waals surface area contributed by atoms with Crippen molar-refractivity contribution in [3.8, 4) is 0 Å². The summed E-state index contributed by atoms with van der Waals surface area (Å²) in [6.07, 6.45) is 4.55. The molecule has 4 amide bonds. The summed E-state index contributed by atoms with van der Waals surface area (Å²) < 4.78 is 0. The van der Waals surface area contributed by atoms with Gasteiger partial charge in [-0.3, -0.25) is 19.3 Å². The first-order valence-corrected chi connectivity index (χ1v) is 9.57. The lowest BCUT2D eigenvalue weighted by atomic mass is 10.1. The molecule has 2 aromatic rings. The highest BCUT2D eigenvalue weighted by atomic mass is 16.2. The predicted molar refractivity (Wildman–Crippen MR) is 114 cm³/mol. The Morgan fingerprint density at radius 1 is 1.03 bits per heavy atom. The van der Waals surface area contributed by atoms with Gasteiger partial charge >= 0.3 is 6.03 Å². The van der Waals surface area contributed by atoms with Crippen molar-refractivity contribution in [2.45, 2.75) is 19.4 Å². The van der Waals surface area contributed by atoms with E-state index in [1.807, 2.05) is 48.5 Å². The Kier molecular flexibility index (Phi) is 8.99. The van der Waals surface area contributed by atoms with E-state index in [0.29, 0.717) is 11.4 Å². The third kappa shape index (κ3) is 7.01. The molecule has 0 aliphatic rings. The molecule has 1 unspecified atom stereocenters. The summed E-state index contributed by atoms with van der Waals surface area (Å²) in [5, 5.41) is 5.23. The molecule has 155 valence electrons. The van der Waals surface area contributed by atoms with Crippen molar-refractivity contribution in [1.29, 1.82) is 0 Å². The molecule has 7 heteroatoms. The molecule has 2 aromatic carbocycles. The highest BCUT2D eigenvalue weighted by molar-refractivity contribution is 6.04. The van der Waals surface area contributed by atoms with Crippen molar-refractivity contribution in [2.24, 2.45) is 0 Å². The number of hydrogen-bond acceptors (Lipinski definition) is 4. The van der Waals surface area contributed by atoms with Crippen molar-refractivity contribution in [3.63, 3.8) is 0 Å². The molecule has 0 saturated heterocycles. The zero-order valence-corrected chi connectivity index (χ0v) is 16.7. The Bertz CT molecular complexity index is 882. The smallest absolute Gasteiger partial charge is 0.325 e. The van der Waals surface area contributed by atoms with E-state index in [9.17, 15) is 19.2 Å². The lowest BCUT2D eigenvalue weighted by Crippen LogP contribution is -2.53. The van der Waals surface area contributed by atoms with Gasteiger partial charge in [-0.05, 0) is 24.1 Å². The first kappa shape index (κ1) is 22.5. The van der Waals surface area contributed by atoms with E-state index in [4.69, 9.17) is 0 Å². The van der Waals surface area contributed by atoms with Gasteiger partial charge in [0.1, 0.15) is 6.04 Å². The second kappa shape index (κ2) is 12.0. The van der Waals surface area contributed by atoms with Gasteiger partial charge in [0, 0.05) is 19.0 Å². The van der Waals surface area contributed by atoms with Gasteiger partial charge in [0.2, 0.25) is 12.2 Å². The van der Waals surface area contributed by atoms with Crippen molar-refractivity contribution >= 4 is 30.2 Å². The Labute approximate surface area is 175 Å². The van der Waals surface area contributed by atoms with Gasteiger partial charge in [0.15, 0.2) is 0 Å². The summed E-state index contributed by atoms with van der Waals surface area (Å²) in [7, 11) is 0. The van der Waals surface area contributed by atoms with Crippen LogP contribution in [0.15, 0.2) is 66.7 Å². The minimum absolute atomic E-state index is 0.241. The van der Waals surface area contributed by atoms with E-state index in [-0.39, 0.29) is 12.3 Å². The van der Waals surface area contributed by atoms with E-state index in [1.165, 1.54) is 6.08 Å². The molecule has 1 radical (unpaired) electrons. The number of benzene rings is 2. The Balaban J connectivity index is 2.14. The van der Waals surface area contributed by atoms with Crippen LogP contribution in [0.4, 0.5) is 4.79 Å². The van der Waals surface area contributed by atoms with Crippen LogP contribution in [0.5, 0.6) is 0 Å². The van der Waals surface area contributed by atoms with Crippen molar-refractivity contribution in [3.05, 3.63) is 77.9 Å². The number of carbonyl (C=O) groups is 3. The predicted octanol–water partition coefficient (Wildman–Crippen LogP) is 2.10. The van der Waals surface area contributed by atoms with Crippen LogP contribution in [0.2, 0.25) is 0 Å². The number of nitrogens with zero attached hydrogens (tertiary/aromatic N) is 1. The largest absolute Gasteiger partial charge is 0.355 e. The molecule has 0 bridgehead atoms. The second-order valence-corrected chi connectivity index (χ2v) is 6.40. The highest BCUT2D eigenvalue weighted by Crippen LogP contribution is 2.06. The average molecular weight is 406 g/mol. The third-order valence-electron chi connectivity index (χ3n) is 4.20. The Hall–Kier alpha value is -3.74. The first-order chi connectivity index (χ1) is 14.5. The number of carbonyl (C=O) groups excluding carboxylic acids is 4. The fourth-order valence-corrected chi connectivity index (χ4v) is 2.72.